The zero-order chi connectivity index (χ0) is 38.4. The van der Waals surface area contributed by atoms with Crippen LogP contribution in [0.5, 0.6) is 17.2 Å². The smallest absolute Gasteiger partial charge is 0.343 e. The van der Waals surface area contributed by atoms with E-state index in [1.165, 1.54) is 48.1 Å². The highest BCUT2D eigenvalue weighted by Crippen LogP contribution is 2.38. The largest absolute Gasteiger partial charge is 0.490 e. The van der Waals surface area contributed by atoms with Crippen molar-refractivity contribution in [3.63, 3.8) is 0 Å². The maximum Gasteiger partial charge on any atom is 0.343 e. The molecule has 0 aliphatic carbocycles. The summed E-state index contributed by atoms with van der Waals surface area (Å²) >= 11 is 4.37. The van der Waals surface area contributed by atoms with Gasteiger partial charge in [0.15, 0.2) is 22.9 Å². The Morgan fingerprint density at radius 1 is 0.981 bits per heavy atom. The lowest BCUT2D eigenvalue weighted by molar-refractivity contribution is -0.386. The van der Waals surface area contributed by atoms with Crippen LogP contribution in [-0.2, 0) is 25.7 Å². The molecular weight excluding hydrogens is 780 g/mol. The molecule has 16 nitrogen and oxygen atoms in total. The van der Waals surface area contributed by atoms with E-state index < -0.39 is 39.1 Å². The zero-order valence-electron chi connectivity index (χ0n) is 28.7. The number of hydrogen-bond donors (Lipinski definition) is 0. The zero-order valence-corrected chi connectivity index (χ0v) is 31.1. The molecule has 1 atom stereocenters. The maximum atomic E-state index is 14.2. The molecule has 4 aromatic rings. The molecule has 0 radical (unpaired) electrons. The average Bonchev–Trinajstić information content (AvgIpc) is 3.43. The number of halogens is 1. The van der Waals surface area contributed by atoms with E-state index in [9.17, 15) is 34.6 Å². The van der Waals surface area contributed by atoms with Crippen LogP contribution in [0.4, 0.5) is 11.4 Å². The summed E-state index contributed by atoms with van der Waals surface area (Å²) in [5, 5.41) is 23.1. The molecule has 1 aliphatic rings. The number of rotatable bonds is 14. The Bertz CT molecular complexity index is 2320. The average molecular weight is 812 g/mol. The third-order valence-electron chi connectivity index (χ3n) is 7.74. The lowest BCUT2D eigenvalue weighted by atomic mass is 9.95. The van der Waals surface area contributed by atoms with Gasteiger partial charge in [0.25, 0.3) is 11.2 Å². The second-order valence-electron chi connectivity index (χ2n) is 11.1. The van der Waals surface area contributed by atoms with E-state index in [2.05, 4.69) is 25.7 Å². The third kappa shape index (κ3) is 8.44. The van der Waals surface area contributed by atoms with Gasteiger partial charge < -0.3 is 23.7 Å². The molecule has 1 aliphatic heterocycles. The Morgan fingerprint density at radius 2 is 1.72 bits per heavy atom. The monoisotopic (exact) mass is 810 g/mol. The molecule has 5 rings (SSSR count). The van der Waals surface area contributed by atoms with E-state index in [0.717, 1.165) is 11.3 Å². The van der Waals surface area contributed by atoms with Gasteiger partial charge in [-0.1, -0.05) is 17.4 Å². The highest BCUT2D eigenvalue weighted by atomic mass is 79.9. The van der Waals surface area contributed by atoms with Crippen LogP contribution >= 0.6 is 27.3 Å². The number of aromatic nitrogens is 1. The van der Waals surface area contributed by atoms with E-state index in [1.807, 2.05) is 0 Å². The van der Waals surface area contributed by atoms with Gasteiger partial charge in [0.2, 0.25) is 5.75 Å². The van der Waals surface area contributed by atoms with Gasteiger partial charge in [-0.3, -0.25) is 29.6 Å². The molecule has 276 valence electrons. The first-order valence-corrected chi connectivity index (χ1v) is 17.5. The van der Waals surface area contributed by atoms with Crippen molar-refractivity contribution in [3.8, 4) is 17.2 Å². The van der Waals surface area contributed by atoms with E-state index in [0.29, 0.717) is 22.4 Å². The summed E-state index contributed by atoms with van der Waals surface area (Å²) in [7, 11) is 1.23. The molecule has 0 bridgehead atoms. The molecule has 0 spiro atoms. The molecule has 0 amide bonds. The highest BCUT2D eigenvalue weighted by Gasteiger charge is 2.34. The van der Waals surface area contributed by atoms with Crippen LogP contribution in [0.15, 0.2) is 80.1 Å². The molecule has 18 heteroatoms. The first-order chi connectivity index (χ1) is 25.4. The SMILES string of the molecule is CCOC(=O)C1=C(C)N=c2s/c(=C/c3cc(Br)c(OCc4ccc([N+](=O)[O-])cc4)c([N+](=O)[O-])c3)c(=O)n2[C@@H]1c1ccc(OCC(=O)OC)c(OCC)c1. The van der Waals surface area contributed by atoms with Crippen LogP contribution in [-0.4, -0.2) is 53.3 Å². The number of non-ortho nitro benzene ring substituents is 1. The minimum absolute atomic E-state index is 0.0680. The van der Waals surface area contributed by atoms with Gasteiger partial charge in [0.05, 0.1) is 56.5 Å². The molecule has 0 N–H and O–H groups in total. The molecular formula is C35H31BrN4O12S. The second kappa shape index (κ2) is 16.6. The second-order valence-corrected chi connectivity index (χ2v) is 13.0. The fourth-order valence-corrected chi connectivity index (χ4v) is 7.00. The topological polar surface area (TPSA) is 201 Å². The van der Waals surface area contributed by atoms with E-state index in [4.69, 9.17) is 18.9 Å². The first kappa shape index (κ1) is 38.4. The number of nitro groups is 2. The number of thiazole rings is 1. The van der Waals surface area contributed by atoms with Gasteiger partial charge in [-0.15, -0.1) is 0 Å². The maximum absolute atomic E-state index is 14.2. The van der Waals surface area contributed by atoms with Crippen LogP contribution in [0.2, 0.25) is 0 Å². The van der Waals surface area contributed by atoms with Gasteiger partial charge in [0, 0.05) is 18.2 Å². The number of hydrogen-bond acceptors (Lipinski definition) is 14. The van der Waals surface area contributed by atoms with Crippen LogP contribution in [0.3, 0.4) is 0 Å². The minimum Gasteiger partial charge on any atom is -0.490 e. The minimum atomic E-state index is -1.02. The predicted molar refractivity (Wildman–Crippen MR) is 194 cm³/mol. The van der Waals surface area contributed by atoms with Gasteiger partial charge in [-0.2, -0.15) is 0 Å². The number of benzene rings is 3. The van der Waals surface area contributed by atoms with E-state index in [-0.39, 0.29) is 68.7 Å². The third-order valence-corrected chi connectivity index (χ3v) is 9.32. The van der Waals surface area contributed by atoms with Gasteiger partial charge in [0.1, 0.15) is 6.61 Å². The molecule has 0 saturated carbocycles. The fraction of sp³-hybridized carbons (Fsp3) is 0.257. The Balaban J connectivity index is 1.58. The number of esters is 2. The number of allylic oxidation sites excluding steroid dienone is 1. The number of fused-ring (bicyclic) bond motifs is 1. The normalized spacial score (nSPS) is 13.8. The number of carbonyl (C=O) groups excluding carboxylic acids is 2. The van der Waals surface area contributed by atoms with Crippen molar-refractivity contribution >= 4 is 56.7 Å². The van der Waals surface area contributed by atoms with Gasteiger partial charge in [-0.25, -0.2) is 14.6 Å². The lowest BCUT2D eigenvalue weighted by Crippen LogP contribution is -2.40. The Labute approximate surface area is 313 Å². The number of methoxy groups -OCH3 is 1. The van der Waals surface area contributed by atoms with Crippen molar-refractivity contribution in [3.05, 3.63) is 127 Å². The van der Waals surface area contributed by atoms with Crippen molar-refractivity contribution in [2.24, 2.45) is 4.99 Å². The number of nitrogens with zero attached hydrogens (tertiary/aromatic N) is 4. The van der Waals surface area contributed by atoms with Crippen molar-refractivity contribution < 1.29 is 43.1 Å². The molecule has 3 aromatic carbocycles. The number of nitro benzene ring substituents is 2. The Kier molecular flexibility index (Phi) is 12.0. The predicted octanol–water partition coefficient (Wildman–Crippen LogP) is 4.91. The summed E-state index contributed by atoms with van der Waals surface area (Å²) in [6.07, 6.45) is 1.47. The van der Waals surface area contributed by atoms with E-state index >= 15 is 0 Å². The van der Waals surface area contributed by atoms with Crippen LogP contribution in [0, 0.1) is 20.2 Å². The van der Waals surface area contributed by atoms with Crippen molar-refractivity contribution in [2.45, 2.75) is 33.4 Å². The summed E-state index contributed by atoms with van der Waals surface area (Å²) in [6, 6.07) is 12.1. The molecule has 2 heterocycles. The standard InChI is InChI=1S/C35H31BrN4O12S/c1-5-49-27-16-22(9-12-26(27)51-18-29(41)48-4)31-30(34(43)50-6-2)19(3)37-35-38(31)33(42)28(53-35)15-21-13-24(36)32(25(14-21)40(46)47)52-17-20-7-10-23(11-8-20)39(44)45/h7-16,31H,5-6,17-18H2,1-4H3/b28-15+/t31-/m1/s1. The molecule has 1 aromatic heterocycles. The summed E-state index contributed by atoms with van der Waals surface area (Å²) in [6.45, 7) is 4.86. The van der Waals surface area contributed by atoms with Crippen molar-refractivity contribution in [1.82, 2.24) is 4.57 Å². The highest BCUT2D eigenvalue weighted by molar-refractivity contribution is 9.10. The van der Waals surface area contributed by atoms with Crippen molar-refractivity contribution in [2.75, 3.05) is 26.9 Å². The Morgan fingerprint density at radius 3 is 2.36 bits per heavy atom. The van der Waals surface area contributed by atoms with Crippen molar-refractivity contribution in [1.29, 1.82) is 0 Å². The Hall–Kier alpha value is -5.88. The summed E-state index contributed by atoms with van der Waals surface area (Å²) in [5.41, 5.74) is 0.695. The van der Waals surface area contributed by atoms with Crippen LogP contribution in [0.25, 0.3) is 6.08 Å². The molecule has 0 unspecified atom stereocenters. The first-order valence-electron chi connectivity index (χ1n) is 15.9. The molecule has 0 saturated heterocycles. The fourth-order valence-electron chi connectivity index (χ4n) is 5.37. The number of carbonyl (C=O) groups is 2. The lowest BCUT2D eigenvalue weighted by Gasteiger charge is -2.25. The quantitative estimate of drug-likeness (QED) is 0.0949. The van der Waals surface area contributed by atoms with Gasteiger partial charge >= 0.3 is 17.6 Å². The summed E-state index contributed by atoms with van der Waals surface area (Å²) in [5.74, 6) is -0.874. The number of ether oxygens (including phenoxy) is 5. The van der Waals surface area contributed by atoms with Crippen LogP contribution < -0.4 is 29.1 Å². The molecule has 0 fully saturated rings. The summed E-state index contributed by atoms with van der Waals surface area (Å²) in [4.78, 5) is 66.1. The van der Waals surface area contributed by atoms with Crippen LogP contribution in [0.1, 0.15) is 43.5 Å². The van der Waals surface area contributed by atoms with Gasteiger partial charge in [-0.05, 0) is 89.8 Å². The van der Waals surface area contributed by atoms with E-state index in [1.54, 1.807) is 45.0 Å². The summed E-state index contributed by atoms with van der Waals surface area (Å²) < 4.78 is 28.9. The molecule has 53 heavy (non-hydrogen) atoms.